The number of pyridine rings is 1. The van der Waals surface area contributed by atoms with Crippen LogP contribution in [0.5, 0.6) is 0 Å². The number of amides is 1. The number of halogens is 2. The van der Waals surface area contributed by atoms with Crippen molar-refractivity contribution in [3.8, 4) is 0 Å². The van der Waals surface area contributed by atoms with E-state index in [4.69, 9.17) is 16.7 Å². The van der Waals surface area contributed by atoms with Crippen LogP contribution in [0.1, 0.15) is 25.3 Å². The molecule has 1 aromatic rings. The minimum atomic E-state index is -0.863. The van der Waals surface area contributed by atoms with E-state index in [1.807, 2.05) is 13.0 Å². The molecule has 1 amide bonds. The zero-order chi connectivity index (χ0) is 18.0. The van der Waals surface area contributed by atoms with Crippen LogP contribution < -0.4 is 4.90 Å². The van der Waals surface area contributed by atoms with Gasteiger partial charge in [-0.15, -0.1) is 0 Å². The fraction of sp³-hybridized carbons (Fsp3) is 0.647. The minimum Gasteiger partial charge on any atom is -0.465 e. The van der Waals surface area contributed by atoms with Gasteiger partial charge < -0.3 is 14.9 Å². The molecule has 0 spiro atoms. The molecular formula is C17H24ClFN4O2. The van der Waals surface area contributed by atoms with Crippen LogP contribution in [-0.2, 0) is 6.54 Å². The highest BCUT2D eigenvalue weighted by molar-refractivity contribution is 6.32. The van der Waals surface area contributed by atoms with Crippen LogP contribution in [0.2, 0.25) is 5.15 Å². The van der Waals surface area contributed by atoms with Crippen molar-refractivity contribution in [2.75, 3.05) is 37.6 Å². The zero-order valence-electron chi connectivity index (χ0n) is 14.4. The van der Waals surface area contributed by atoms with E-state index in [1.165, 1.54) is 4.90 Å². The van der Waals surface area contributed by atoms with E-state index in [-0.39, 0.29) is 6.04 Å². The van der Waals surface area contributed by atoms with E-state index < -0.39 is 12.3 Å². The van der Waals surface area contributed by atoms with Crippen LogP contribution >= 0.6 is 11.6 Å². The summed E-state index contributed by atoms with van der Waals surface area (Å²) in [7, 11) is 0. The molecule has 3 rings (SSSR count). The number of piperazine rings is 1. The van der Waals surface area contributed by atoms with Gasteiger partial charge in [-0.05, 0) is 31.4 Å². The summed E-state index contributed by atoms with van der Waals surface area (Å²) >= 11 is 6.26. The maximum Gasteiger partial charge on any atom is 0.407 e. The Hall–Kier alpha value is -1.60. The Bertz CT molecular complexity index is 625. The maximum atomic E-state index is 13.4. The molecule has 1 unspecified atom stereocenters. The number of carbonyl (C=O) groups is 1. The average molecular weight is 371 g/mol. The molecule has 0 saturated carbocycles. The van der Waals surface area contributed by atoms with Crippen molar-refractivity contribution < 1.29 is 14.3 Å². The van der Waals surface area contributed by atoms with Gasteiger partial charge in [0.1, 0.15) is 6.17 Å². The monoisotopic (exact) mass is 370 g/mol. The van der Waals surface area contributed by atoms with Crippen LogP contribution in [0.3, 0.4) is 0 Å². The predicted molar refractivity (Wildman–Crippen MR) is 95.1 cm³/mol. The highest BCUT2D eigenvalue weighted by Gasteiger charge is 2.27. The van der Waals surface area contributed by atoms with Gasteiger partial charge in [0, 0.05) is 51.5 Å². The summed E-state index contributed by atoms with van der Waals surface area (Å²) in [4.78, 5) is 21.2. The molecule has 2 aliphatic rings. The summed E-state index contributed by atoms with van der Waals surface area (Å²) in [6.07, 6.45) is 1.23. The molecule has 2 saturated heterocycles. The largest absolute Gasteiger partial charge is 0.465 e. The summed E-state index contributed by atoms with van der Waals surface area (Å²) in [5.41, 5.74) is 1.90. The summed E-state index contributed by atoms with van der Waals surface area (Å²) in [5, 5.41) is 9.56. The number of piperidine rings is 1. The molecule has 138 valence electrons. The van der Waals surface area contributed by atoms with E-state index >= 15 is 0 Å². The first-order chi connectivity index (χ1) is 11.9. The van der Waals surface area contributed by atoms with E-state index in [2.05, 4.69) is 14.8 Å². The number of alkyl halides is 1. The van der Waals surface area contributed by atoms with Crippen molar-refractivity contribution in [3.63, 3.8) is 0 Å². The molecule has 2 fully saturated rings. The molecule has 3 heterocycles. The van der Waals surface area contributed by atoms with Gasteiger partial charge in [0.05, 0.1) is 5.69 Å². The smallest absolute Gasteiger partial charge is 0.407 e. The average Bonchev–Trinajstić information content (AvgIpc) is 2.59. The van der Waals surface area contributed by atoms with Gasteiger partial charge in [-0.1, -0.05) is 11.6 Å². The summed E-state index contributed by atoms with van der Waals surface area (Å²) in [5.74, 6) is 0. The molecular weight excluding hydrogens is 347 g/mol. The lowest BCUT2D eigenvalue weighted by Crippen LogP contribution is -2.52. The lowest BCUT2D eigenvalue weighted by molar-refractivity contribution is 0.0712. The van der Waals surface area contributed by atoms with Gasteiger partial charge in [0.2, 0.25) is 0 Å². The number of nitrogens with zero attached hydrogens (tertiary/aromatic N) is 4. The summed E-state index contributed by atoms with van der Waals surface area (Å²) in [6, 6.07) is 2.18. The Morgan fingerprint density at radius 1 is 1.36 bits per heavy atom. The standard InChI is InChI=1S/C17H24ClFN4O2/c1-12-10-23(17(24)25)7-6-22(12)11-13-8-15(16(18)20-9-13)21-4-2-14(19)3-5-21/h8-9,12,14H,2-7,10-11H2,1H3,(H,24,25). The van der Waals surface area contributed by atoms with Gasteiger partial charge in [-0.3, -0.25) is 4.90 Å². The fourth-order valence-corrected chi connectivity index (χ4v) is 3.74. The Labute approximate surface area is 152 Å². The lowest BCUT2D eigenvalue weighted by atomic mass is 10.1. The third-order valence-corrected chi connectivity index (χ3v) is 5.35. The number of aromatic nitrogens is 1. The SMILES string of the molecule is CC1CN(C(=O)O)CCN1Cc1cnc(Cl)c(N2CCC(F)CC2)c1. The van der Waals surface area contributed by atoms with Crippen molar-refractivity contribution in [1.82, 2.24) is 14.8 Å². The second kappa shape index (κ2) is 7.74. The molecule has 0 aromatic carbocycles. The van der Waals surface area contributed by atoms with Crippen molar-refractivity contribution in [2.24, 2.45) is 0 Å². The van der Waals surface area contributed by atoms with E-state index in [0.717, 1.165) is 11.3 Å². The van der Waals surface area contributed by atoms with Crippen LogP contribution in [-0.4, -0.2) is 70.9 Å². The van der Waals surface area contributed by atoms with E-state index in [0.29, 0.717) is 57.3 Å². The van der Waals surface area contributed by atoms with Gasteiger partial charge in [0.15, 0.2) is 5.15 Å². The normalized spacial score (nSPS) is 23.1. The quantitative estimate of drug-likeness (QED) is 0.829. The molecule has 1 aromatic heterocycles. The van der Waals surface area contributed by atoms with Crippen molar-refractivity contribution in [3.05, 3.63) is 23.0 Å². The second-order valence-electron chi connectivity index (χ2n) is 6.86. The highest BCUT2D eigenvalue weighted by atomic mass is 35.5. The second-order valence-corrected chi connectivity index (χ2v) is 7.22. The van der Waals surface area contributed by atoms with Crippen LogP contribution in [0.15, 0.2) is 12.3 Å². The van der Waals surface area contributed by atoms with Crippen molar-refractivity contribution in [1.29, 1.82) is 0 Å². The Morgan fingerprint density at radius 2 is 2.08 bits per heavy atom. The molecule has 6 nitrogen and oxygen atoms in total. The van der Waals surface area contributed by atoms with Gasteiger partial charge in [-0.25, -0.2) is 14.2 Å². The van der Waals surface area contributed by atoms with E-state index in [9.17, 15) is 9.18 Å². The topological polar surface area (TPSA) is 59.9 Å². The fourth-order valence-electron chi connectivity index (χ4n) is 3.51. The van der Waals surface area contributed by atoms with Crippen molar-refractivity contribution >= 4 is 23.4 Å². The third kappa shape index (κ3) is 4.33. The number of rotatable bonds is 3. The summed E-state index contributed by atoms with van der Waals surface area (Å²) < 4.78 is 13.4. The first-order valence-electron chi connectivity index (χ1n) is 8.69. The number of hydrogen-bond donors (Lipinski definition) is 1. The van der Waals surface area contributed by atoms with E-state index in [1.54, 1.807) is 6.20 Å². The third-order valence-electron chi connectivity index (χ3n) is 5.06. The van der Waals surface area contributed by atoms with Crippen LogP contribution in [0, 0.1) is 0 Å². The molecule has 0 radical (unpaired) electrons. The Kier molecular flexibility index (Phi) is 5.64. The molecule has 25 heavy (non-hydrogen) atoms. The van der Waals surface area contributed by atoms with Crippen LogP contribution in [0.4, 0.5) is 14.9 Å². The molecule has 1 atom stereocenters. The number of carboxylic acid groups (broad SMARTS) is 1. The van der Waals surface area contributed by atoms with Crippen molar-refractivity contribution in [2.45, 2.75) is 38.5 Å². The maximum absolute atomic E-state index is 13.4. The highest BCUT2D eigenvalue weighted by Crippen LogP contribution is 2.29. The molecule has 8 heteroatoms. The van der Waals surface area contributed by atoms with Gasteiger partial charge in [-0.2, -0.15) is 0 Å². The Morgan fingerprint density at radius 3 is 2.72 bits per heavy atom. The summed E-state index contributed by atoms with van der Waals surface area (Å²) in [6.45, 7) is 5.75. The number of hydrogen-bond acceptors (Lipinski definition) is 4. The molecule has 0 aliphatic carbocycles. The zero-order valence-corrected chi connectivity index (χ0v) is 15.1. The van der Waals surface area contributed by atoms with Gasteiger partial charge >= 0.3 is 6.09 Å². The minimum absolute atomic E-state index is 0.145. The Balaban J connectivity index is 1.67. The lowest BCUT2D eigenvalue weighted by Gasteiger charge is -2.38. The first-order valence-corrected chi connectivity index (χ1v) is 9.07. The molecule has 1 N–H and O–H groups in total. The van der Waals surface area contributed by atoms with Crippen LogP contribution in [0.25, 0.3) is 0 Å². The molecule has 0 bridgehead atoms. The van der Waals surface area contributed by atoms with Gasteiger partial charge in [0.25, 0.3) is 0 Å². The first kappa shape index (κ1) is 18.2. The molecule has 2 aliphatic heterocycles. The predicted octanol–water partition coefficient (Wildman–Crippen LogP) is 2.86. The number of anilines is 1.